The van der Waals surface area contributed by atoms with Gasteiger partial charge in [0.1, 0.15) is 11.5 Å². The Balaban J connectivity index is 1.51. The summed E-state index contributed by atoms with van der Waals surface area (Å²) in [6.07, 6.45) is -0.0520. The van der Waals surface area contributed by atoms with Crippen molar-refractivity contribution in [2.24, 2.45) is 5.92 Å². The molecule has 0 bridgehead atoms. The average Bonchev–Trinajstić information content (AvgIpc) is 2.80. The number of esters is 1. The second-order valence-corrected chi connectivity index (χ2v) is 7.34. The highest BCUT2D eigenvalue weighted by Crippen LogP contribution is 2.29. The monoisotopic (exact) mass is 444 g/mol. The van der Waals surface area contributed by atoms with Crippen LogP contribution in [0.1, 0.15) is 47.9 Å². The van der Waals surface area contributed by atoms with Crippen molar-refractivity contribution < 1.29 is 43.5 Å². The summed E-state index contributed by atoms with van der Waals surface area (Å²) in [6.45, 7) is 0. The Morgan fingerprint density at radius 2 is 1.44 bits per heavy atom. The third kappa shape index (κ3) is 6.29. The zero-order valence-corrected chi connectivity index (χ0v) is 17.4. The lowest BCUT2D eigenvalue weighted by atomic mass is 9.87. The molecule has 0 amide bonds. The molecular weight excluding hydrogens is 420 g/mol. The van der Waals surface area contributed by atoms with Crippen molar-refractivity contribution >= 4 is 18.1 Å². The van der Waals surface area contributed by atoms with Gasteiger partial charge in [0.25, 0.3) is 0 Å². The van der Waals surface area contributed by atoms with Crippen LogP contribution in [-0.4, -0.2) is 41.5 Å². The fraction of sp³-hybridized carbons (Fsp3) is 0.348. The number of aliphatic hydroxyl groups excluding tert-OH is 1. The molecule has 170 valence electrons. The molecule has 1 saturated carbocycles. The molecule has 1 aliphatic carbocycles. The summed E-state index contributed by atoms with van der Waals surface area (Å²) in [6, 6.07) is 12.0. The number of hydrogen-bond acceptors (Lipinski definition) is 8. The van der Waals surface area contributed by atoms with Crippen LogP contribution in [0.3, 0.4) is 0 Å². The number of methoxy groups -OCH3 is 1. The minimum absolute atomic E-state index is 0.212. The Hall–Kier alpha value is -3.43. The lowest BCUT2D eigenvalue weighted by Crippen LogP contribution is -2.27. The van der Waals surface area contributed by atoms with Crippen molar-refractivity contribution in [3.8, 4) is 11.5 Å². The molecular formula is C23H24O9. The van der Waals surface area contributed by atoms with Gasteiger partial charge in [0.05, 0.1) is 24.7 Å². The zero-order valence-electron chi connectivity index (χ0n) is 17.4. The summed E-state index contributed by atoms with van der Waals surface area (Å²) >= 11 is 0. The van der Waals surface area contributed by atoms with E-state index in [4.69, 9.17) is 19.3 Å². The summed E-state index contributed by atoms with van der Waals surface area (Å²) < 4.78 is 20.2. The maximum atomic E-state index is 12.3. The number of carbonyl (C=O) groups is 3. The molecule has 1 atom stereocenters. The van der Waals surface area contributed by atoms with E-state index in [1.54, 1.807) is 12.1 Å². The van der Waals surface area contributed by atoms with Gasteiger partial charge in [0, 0.05) is 5.56 Å². The van der Waals surface area contributed by atoms with Gasteiger partial charge in [-0.15, -0.1) is 0 Å². The molecule has 2 N–H and O–H groups in total. The molecule has 32 heavy (non-hydrogen) atoms. The molecule has 1 aliphatic rings. The first-order valence-corrected chi connectivity index (χ1v) is 10.1. The number of carboxylic acids is 1. The third-order valence-electron chi connectivity index (χ3n) is 5.18. The summed E-state index contributed by atoms with van der Waals surface area (Å²) in [7, 11) is 1.20. The SMILES string of the molecule is COC(=O)Oc1ccc(OC(=O)c2ccc(C(O)OC3CCC(C(=O)O)CC3)cc2)cc1. The molecule has 2 aromatic rings. The molecule has 0 saturated heterocycles. The molecule has 9 heteroatoms. The molecule has 1 fully saturated rings. The molecule has 3 rings (SSSR count). The molecule has 9 nitrogen and oxygen atoms in total. The Labute approximate surface area is 184 Å². The van der Waals surface area contributed by atoms with Crippen LogP contribution in [-0.2, 0) is 14.3 Å². The van der Waals surface area contributed by atoms with E-state index in [9.17, 15) is 19.5 Å². The Morgan fingerprint density at radius 1 is 0.875 bits per heavy atom. The third-order valence-corrected chi connectivity index (χ3v) is 5.18. The van der Waals surface area contributed by atoms with E-state index >= 15 is 0 Å². The summed E-state index contributed by atoms with van der Waals surface area (Å²) in [4.78, 5) is 34.4. The van der Waals surface area contributed by atoms with Gasteiger partial charge >= 0.3 is 18.1 Å². The first-order valence-electron chi connectivity index (χ1n) is 10.1. The number of benzene rings is 2. The van der Waals surface area contributed by atoms with Crippen LogP contribution < -0.4 is 9.47 Å². The van der Waals surface area contributed by atoms with Crippen LogP contribution in [0.2, 0.25) is 0 Å². The molecule has 0 spiro atoms. The van der Waals surface area contributed by atoms with Crippen molar-refractivity contribution in [2.45, 2.75) is 38.1 Å². The molecule has 0 aliphatic heterocycles. The second-order valence-electron chi connectivity index (χ2n) is 7.34. The van der Waals surface area contributed by atoms with Gasteiger partial charge in [-0.2, -0.15) is 0 Å². The minimum Gasteiger partial charge on any atom is -0.481 e. The van der Waals surface area contributed by atoms with Crippen LogP contribution in [0.5, 0.6) is 11.5 Å². The fourth-order valence-electron chi connectivity index (χ4n) is 3.37. The summed E-state index contributed by atoms with van der Waals surface area (Å²) in [5, 5.41) is 19.4. The van der Waals surface area contributed by atoms with Crippen molar-refractivity contribution in [1.82, 2.24) is 0 Å². The van der Waals surface area contributed by atoms with Crippen LogP contribution >= 0.6 is 0 Å². The van der Waals surface area contributed by atoms with Gasteiger partial charge in [-0.05, 0) is 62.1 Å². The molecule has 0 radical (unpaired) electrons. The van der Waals surface area contributed by atoms with Gasteiger partial charge in [-0.3, -0.25) is 4.79 Å². The van der Waals surface area contributed by atoms with Gasteiger partial charge in [0.15, 0.2) is 6.29 Å². The number of aliphatic carboxylic acids is 1. The average molecular weight is 444 g/mol. The Bertz CT molecular complexity index is 929. The normalized spacial score (nSPS) is 18.9. The largest absolute Gasteiger partial charge is 0.513 e. The highest BCUT2D eigenvalue weighted by molar-refractivity contribution is 5.91. The van der Waals surface area contributed by atoms with Crippen molar-refractivity contribution in [3.63, 3.8) is 0 Å². The Morgan fingerprint density at radius 3 is 1.97 bits per heavy atom. The maximum absolute atomic E-state index is 12.3. The van der Waals surface area contributed by atoms with E-state index in [0.29, 0.717) is 31.2 Å². The highest BCUT2D eigenvalue weighted by Gasteiger charge is 2.28. The smallest absolute Gasteiger partial charge is 0.481 e. The van der Waals surface area contributed by atoms with E-state index < -0.39 is 24.4 Å². The van der Waals surface area contributed by atoms with Crippen molar-refractivity contribution in [1.29, 1.82) is 0 Å². The van der Waals surface area contributed by atoms with Gasteiger partial charge < -0.3 is 29.2 Å². The molecule has 2 aromatic carbocycles. The lowest BCUT2D eigenvalue weighted by molar-refractivity contribution is -0.157. The summed E-state index contributed by atoms with van der Waals surface area (Å²) in [5.41, 5.74) is 0.754. The van der Waals surface area contributed by atoms with E-state index in [1.807, 2.05) is 0 Å². The molecule has 0 aromatic heterocycles. The topological polar surface area (TPSA) is 129 Å². The van der Waals surface area contributed by atoms with Crippen molar-refractivity contribution in [3.05, 3.63) is 59.7 Å². The Kier molecular flexibility index (Phi) is 7.80. The van der Waals surface area contributed by atoms with Crippen LogP contribution in [0, 0.1) is 5.92 Å². The van der Waals surface area contributed by atoms with E-state index in [0.717, 1.165) is 0 Å². The van der Waals surface area contributed by atoms with Crippen LogP contribution in [0.25, 0.3) is 0 Å². The highest BCUT2D eigenvalue weighted by atomic mass is 16.7. The van der Waals surface area contributed by atoms with E-state index in [-0.39, 0.29) is 29.1 Å². The van der Waals surface area contributed by atoms with E-state index in [2.05, 4.69) is 4.74 Å². The van der Waals surface area contributed by atoms with Gasteiger partial charge in [-0.25, -0.2) is 9.59 Å². The van der Waals surface area contributed by atoms with Crippen molar-refractivity contribution in [2.75, 3.05) is 7.11 Å². The van der Waals surface area contributed by atoms with Crippen LogP contribution in [0.4, 0.5) is 4.79 Å². The number of carbonyl (C=O) groups excluding carboxylic acids is 2. The number of ether oxygens (including phenoxy) is 4. The molecule has 0 heterocycles. The molecule has 1 unspecified atom stereocenters. The second kappa shape index (κ2) is 10.7. The first kappa shape index (κ1) is 23.2. The predicted molar refractivity (Wildman–Crippen MR) is 110 cm³/mol. The quantitative estimate of drug-likeness (QED) is 0.284. The van der Waals surface area contributed by atoms with Gasteiger partial charge in [-0.1, -0.05) is 12.1 Å². The summed E-state index contributed by atoms with van der Waals surface area (Å²) in [5.74, 6) is -1.24. The number of carboxylic acid groups (broad SMARTS) is 1. The lowest BCUT2D eigenvalue weighted by Gasteiger charge is -2.28. The van der Waals surface area contributed by atoms with Crippen LogP contribution in [0.15, 0.2) is 48.5 Å². The standard InChI is InChI=1S/C23H24O9/c1-29-23(28)32-19-12-10-18(11-13-19)31-22(27)16-4-2-15(3-5-16)21(26)30-17-8-6-14(7-9-17)20(24)25/h2-5,10-14,17,21,26H,6-9H2,1H3,(H,24,25). The number of aliphatic hydroxyl groups is 1. The fourth-order valence-corrected chi connectivity index (χ4v) is 3.37. The number of rotatable bonds is 7. The maximum Gasteiger partial charge on any atom is 0.513 e. The van der Waals surface area contributed by atoms with Gasteiger partial charge in [0.2, 0.25) is 0 Å². The van der Waals surface area contributed by atoms with E-state index in [1.165, 1.54) is 43.5 Å². The predicted octanol–water partition coefficient (Wildman–Crippen LogP) is 3.70. The number of hydrogen-bond donors (Lipinski definition) is 2. The minimum atomic E-state index is -1.17. The zero-order chi connectivity index (χ0) is 23.1. The first-order chi connectivity index (χ1) is 15.4.